The molecule has 0 bridgehead atoms. The molecule has 1 heterocycles. The van der Waals surface area contributed by atoms with Crippen molar-refractivity contribution in [2.75, 3.05) is 7.11 Å². The number of rotatable bonds is 4. The van der Waals surface area contributed by atoms with E-state index in [2.05, 4.69) is 10.9 Å². The van der Waals surface area contributed by atoms with Gasteiger partial charge >= 0.3 is 0 Å². The second kappa shape index (κ2) is 8.16. The predicted molar refractivity (Wildman–Crippen MR) is 104 cm³/mol. The smallest absolute Gasteiger partial charge is 0.271 e. The molecule has 3 aromatic rings. The van der Waals surface area contributed by atoms with Crippen LogP contribution in [0.5, 0.6) is 5.75 Å². The van der Waals surface area contributed by atoms with E-state index in [9.17, 15) is 9.59 Å². The van der Waals surface area contributed by atoms with E-state index in [1.165, 1.54) is 24.3 Å². The predicted octanol–water partition coefficient (Wildman–Crippen LogP) is 4.22. The SMILES string of the molecule is COc1cccc2cc(/C=C/C(=O)NNC(=O)c3cc(Cl)ccc3Cl)oc12. The molecule has 8 heteroatoms. The largest absolute Gasteiger partial charge is 0.493 e. The summed E-state index contributed by atoms with van der Waals surface area (Å²) in [6.45, 7) is 0. The number of methoxy groups -OCH3 is 1. The van der Waals surface area contributed by atoms with Crippen LogP contribution in [0.4, 0.5) is 0 Å². The number of furan rings is 1. The molecular formula is C19H14Cl2N2O4. The fourth-order valence-corrected chi connectivity index (χ4v) is 2.73. The van der Waals surface area contributed by atoms with Gasteiger partial charge in [0.15, 0.2) is 11.3 Å². The molecule has 0 aliphatic heterocycles. The Labute approximate surface area is 164 Å². The van der Waals surface area contributed by atoms with Gasteiger partial charge in [-0.25, -0.2) is 0 Å². The normalized spacial score (nSPS) is 10.9. The Bertz CT molecular complexity index is 1040. The van der Waals surface area contributed by atoms with Crippen LogP contribution in [0.15, 0.2) is 53.0 Å². The number of amides is 2. The van der Waals surface area contributed by atoms with E-state index in [4.69, 9.17) is 32.4 Å². The van der Waals surface area contributed by atoms with Crippen molar-refractivity contribution >= 4 is 52.1 Å². The average Bonchev–Trinajstić information content (AvgIpc) is 3.09. The van der Waals surface area contributed by atoms with Gasteiger partial charge in [0.1, 0.15) is 5.76 Å². The highest BCUT2D eigenvalue weighted by molar-refractivity contribution is 6.35. The van der Waals surface area contributed by atoms with Gasteiger partial charge in [0.25, 0.3) is 11.8 Å². The maximum Gasteiger partial charge on any atom is 0.271 e. The molecule has 27 heavy (non-hydrogen) atoms. The van der Waals surface area contributed by atoms with Gasteiger partial charge < -0.3 is 9.15 Å². The second-order valence-electron chi connectivity index (χ2n) is 5.43. The molecule has 2 N–H and O–H groups in total. The van der Waals surface area contributed by atoms with Crippen molar-refractivity contribution in [3.8, 4) is 5.75 Å². The van der Waals surface area contributed by atoms with Crippen molar-refractivity contribution in [3.63, 3.8) is 0 Å². The molecule has 0 unspecified atom stereocenters. The fraction of sp³-hybridized carbons (Fsp3) is 0.0526. The number of hydrazine groups is 1. The van der Waals surface area contributed by atoms with Crippen LogP contribution in [0.2, 0.25) is 10.0 Å². The van der Waals surface area contributed by atoms with Gasteiger partial charge in [-0.15, -0.1) is 0 Å². The number of carbonyl (C=O) groups excluding carboxylic acids is 2. The minimum Gasteiger partial charge on any atom is -0.493 e. The van der Waals surface area contributed by atoms with Crippen molar-refractivity contribution in [2.24, 2.45) is 0 Å². The molecule has 6 nitrogen and oxygen atoms in total. The number of hydrogen-bond donors (Lipinski definition) is 2. The van der Waals surface area contributed by atoms with E-state index >= 15 is 0 Å². The Kier molecular flexibility index (Phi) is 5.69. The van der Waals surface area contributed by atoms with Crippen LogP contribution >= 0.6 is 23.2 Å². The molecule has 0 spiro atoms. The third-order valence-corrected chi connectivity index (χ3v) is 4.18. The lowest BCUT2D eigenvalue weighted by molar-refractivity contribution is -0.117. The third-order valence-electron chi connectivity index (χ3n) is 3.62. The van der Waals surface area contributed by atoms with Gasteiger partial charge in [-0.05, 0) is 36.4 Å². The summed E-state index contributed by atoms with van der Waals surface area (Å²) >= 11 is 11.8. The number of para-hydroxylation sites is 1. The summed E-state index contributed by atoms with van der Waals surface area (Å²) in [6.07, 6.45) is 2.71. The lowest BCUT2D eigenvalue weighted by Crippen LogP contribution is -2.40. The molecule has 0 fully saturated rings. The summed E-state index contributed by atoms with van der Waals surface area (Å²) < 4.78 is 10.9. The number of nitrogens with one attached hydrogen (secondary N) is 2. The Morgan fingerprint density at radius 1 is 1.11 bits per heavy atom. The van der Waals surface area contributed by atoms with Gasteiger partial charge in [0.2, 0.25) is 0 Å². The summed E-state index contributed by atoms with van der Waals surface area (Å²) in [6, 6.07) is 11.7. The minimum absolute atomic E-state index is 0.151. The fourth-order valence-electron chi connectivity index (χ4n) is 2.36. The Hall–Kier alpha value is -2.96. The van der Waals surface area contributed by atoms with Crippen LogP contribution in [-0.2, 0) is 4.79 Å². The van der Waals surface area contributed by atoms with Gasteiger partial charge in [-0.3, -0.25) is 20.4 Å². The van der Waals surface area contributed by atoms with E-state index in [1.54, 1.807) is 25.3 Å². The van der Waals surface area contributed by atoms with E-state index in [-0.39, 0.29) is 10.6 Å². The van der Waals surface area contributed by atoms with E-state index < -0.39 is 11.8 Å². The Morgan fingerprint density at radius 3 is 2.70 bits per heavy atom. The molecule has 0 radical (unpaired) electrons. The first-order chi connectivity index (χ1) is 13.0. The first-order valence-corrected chi connectivity index (χ1v) is 8.53. The van der Waals surface area contributed by atoms with Gasteiger partial charge in [-0.1, -0.05) is 35.3 Å². The van der Waals surface area contributed by atoms with Gasteiger partial charge in [-0.2, -0.15) is 0 Å². The molecule has 2 aromatic carbocycles. The lowest BCUT2D eigenvalue weighted by atomic mass is 10.2. The van der Waals surface area contributed by atoms with Crippen LogP contribution in [0.1, 0.15) is 16.1 Å². The lowest BCUT2D eigenvalue weighted by Gasteiger charge is -2.07. The summed E-state index contributed by atoms with van der Waals surface area (Å²) in [4.78, 5) is 24.0. The van der Waals surface area contributed by atoms with Crippen molar-refractivity contribution in [1.29, 1.82) is 0 Å². The van der Waals surface area contributed by atoms with Crippen molar-refractivity contribution in [1.82, 2.24) is 10.9 Å². The maximum atomic E-state index is 12.1. The molecule has 138 valence electrons. The molecule has 0 aliphatic carbocycles. The summed E-state index contributed by atoms with van der Waals surface area (Å²) in [7, 11) is 1.55. The molecule has 0 saturated heterocycles. The zero-order chi connectivity index (χ0) is 19.4. The molecule has 0 atom stereocenters. The first kappa shape index (κ1) is 18.8. The zero-order valence-corrected chi connectivity index (χ0v) is 15.6. The Morgan fingerprint density at radius 2 is 1.93 bits per heavy atom. The molecule has 0 saturated carbocycles. The van der Waals surface area contributed by atoms with Crippen LogP contribution in [-0.4, -0.2) is 18.9 Å². The van der Waals surface area contributed by atoms with E-state index in [1.807, 2.05) is 12.1 Å². The Balaban J connectivity index is 1.64. The minimum atomic E-state index is -0.585. The molecule has 0 aliphatic rings. The van der Waals surface area contributed by atoms with Crippen LogP contribution in [0.25, 0.3) is 17.0 Å². The third kappa shape index (κ3) is 4.42. The van der Waals surface area contributed by atoms with Crippen LogP contribution < -0.4 is 15.6 Å². The molecule has 1 aromatic heterocycles. The van der Waals surface area contributed by atoms with Gasteiger partial charge in [0, 0.05) is 16.5 Å². The quantitative estimate of drug-likeness (QED) is 0.503. The summed E-state index contributed by atoms with van der Waals surface area (Å²) in [5.41, 5.74) is 5.26. The number of hydrogen-bond acceptors (Lipinski definition) is 4. The molecule has 3 rings (SSSR count). The highest BCUT2D eigenvalue weighted by Crippen LogP contribution is 2.28. The van der Waals surface area contributed by atoms with Crippen molar-refractivity contribution < 1.29 is 18.7 Å². The number of carbonyl (C=O) groups is 2. The number of benzene rings is 2. The highest BCUT2D eigenvalue weighted by atomic mass is 35.5. The number of halogens is 2. The summed E-state index contributed by atoms with van der Waals surface area (Å²) in [5, 5.41) is 1.42. The van der Waals surface area contributed by atoms with Crippen LogP contribution in [0.3, 0.4) is 0 Å². The number of ether oxygens (including phenoxy) is 1. The van der Waals surface area contributed by atoms with Gasteiger partial charge in [0.05, 0.1) is 17.7 Å². The van der Waals surface area contributed by atoms with E-state index in [0.29, 0.717) is 22.1 Å². The van der Waals surface area contributed by atoms with Crippen molar-refractivity contribution in [2.45, 2.75) is 0 Å². The number of fused-ring (bicyclic) bond motifs is 1. The molecule has 2 amide bonds. The molecular weight excluding hydrogens is 391 g/mol. The highest BCUT2D eigenvalue weighted by Gasteiger charge is 2.11. The maximum absolute atomic E-state index is 12.1. The first-order valence-electron chi connectivity index (χ1n) is 7.78. The monoisotopic (exact) mass is 404 g/mol. The second-order valence-corrected chi connectivity index (χ2v) is 6.27. The standard InChI is InChI=1S/C19H14Cl2N2O4/c1-26-16-4-2-3-11-9-13(27-18(11)16)6-8-17(24)22-23-19(25)14-10-12(20)5-7-15(14)21/h2-10H,1H3,(H,22,24)(H,23,25)/b8-6+. The zero-order valence-electron chi connectivity index (χ0n) is 14.1. The summed E-state index contributed by atoms with van der Waals surface area (Å²) in [5.74, 6) is -0.0669. The topological polar surface area (TPSA) is 80.6 Å². The van der Waals surface area contributed by atoms with Crippen LogP contribution in [0, 0.1) is 0 Å². The van der Waals surface area contributed by atoms with Crippen molar-refractivity contribution in [3.05, 3.63) is 69.9 Å². The average molecular weight is 405 g/mol. The van der Waals surface area contributed by atoms with E-state index in [0.717, 1.165) is 5.39 Å².